The van der Waals surface area contributed by atoms with Crippen LogP contribution in [0.2, 0.25) is 0 Å². The van der Waals surface area contributed by atoms with Gasteiger partial charge >= 0.3 is 0 Å². The Morgan fingerprint density at radius 3 is 2.89 bits per heavy atom. The van der Waals surface area contributed by atoms with Crippen molar-refractivity contribution in [2.75, 3.05) is 18.4 Å². The molecular formula is C15H26BrN3. The van der Waals surface area contributed by atoms with Gasteiger partial charge in [-0.1, -0.05) is 29.8 Å². The van der Waals surface area contributed by atoms with Crippen LogP contribution in [0.15, 0.2) is 12.3 Å². The van der Waals surface area contributed by atoms with E-state index in [4.69, 9.17) is 5.10 Å². The lowest BCUT2D eigenvalue weighted by atomic mass is 10.0. The molecule has 1 aromatic heterocycles. The Bertz CT molecular complexity index is 373. The van der Waals surface area contributed by atoms with Crippen LogP contribution in [0.4, 0.5) is 0 Å². The molecule has 19 heavy (non-hydrogen) atoms. The number of nitrogens with zero attached hydrogens (tertiary/aromatic N) is 3. The number of piperidine rings is 1. The van der Waals surface area contributed by atoms with Crippen molar-refractivity contribution in [3.05, 3.63) is 18.0 Å². The van der Waals surface area contributed by atoms with Crippen LogP contribution in [0.25, 0.3) is 0 Å². The number of halogens is 1. The Kier molecular flexibility index (Phi) is 5.89. The molecule has 0 aliphatic carbocycles. The van der Waals surface area contributed by atoms with Gasteiger partial charge in [-0.2, -0.15) is 5.10 Å². The van der Waals surface area contributed by atoms with Crippen molar-refractivity contribution < 1.29 is 0 Å². The predicted molar refractivity (Wildman–Crippen MR) is 83.6 cm³/mol. The van der Waals surface area contributed by atoms with Gasteiger partial charge in [0.05, 0.1) is 11.7 Å². The lowest BCUT2D eigenvalue weighted by Crippen LogP contribution is -2.35. The number of likely N-dealkylation sites (tertiary alicyclic amines) is 1. The lowest BCUT2D eigenvalue weighted by molar-refractivity contribution is 0.177. The van der Waals surface area contributed by atoms with Crippen molar-refractivity contribution >= 4 is 15.9 Å². The minimum absolute atomic E-state index is 0.561. The van der Waals surface area contributed by atoms with Gasteiger partial charge in [-0.15, -0.1) is 0 Å². The molecule has 108 valence electrons. The first-order valence-electron chi connectivity index (χ1n) is 7.59. The molecule has 0 bridgehead atoms. The highest BCUT2D eigenvalue weighted by Crippen LogP contribution is 2.20. The second kappa shape index (κ2) is 7.44. The Balaban J connectivity index is 1.92. The van der Waals surface area contributed by atoms with Gasteiger partial charge in [0.1, 0.15) is 0 Å². The maximum atomic E-state index is 4.76. The van der Waals surface area contributed by atoms with Gasteiger partial charge in [-0.3, -0.25) is 9.58 Å². The highest BCUT2D eigenvalue weighted by atomic mass is 79.9. The molecule has 1 aromatic rings. The maximum Gasteiger partial charge on any atom is 0.0764 e. The van der Waals surface area contributed by atoms with Crippen molar-refractivity contribution in [1.29, 1.82) is 0 Å². The van der Waals surface area contributed by atoms with E-state index in [-0.39, 0.29) is 0 Å². The summed E-state index contributed by atoms with van der Waals surface area (Å²) in [5.41, 5.74) is 1.22. The average molecular weight is 328 g/mol. The smallest absolute Gasteiger partial charge is 0.0764 e. The van der Waals surface area contributed by atoms with Gasteiger partial charge in [0.15, 0.2) is 0 Å². The topological polar surface area (TPSA) is 21.1 Å². The summed E-state index contributed by atoms with van der Waals surface area (Å²) in [4.78, 5) is 2.55. The predicted octanol–water partition coefficient (Wildman–Crippen LogP) is 3.85. The van der Waals surface area contributed by atoms with Crippen molar-refractivity contribution in [1.82, 2.24) is 14.7 Å². The van der Waals surface area contributed by atoms with Crippen LogP contribution >= 0.6 is 15.9 Å². The fourth-order valence-corrected chi connectivity index (χ4v) is 3.51. The molecule has 0 amide bonds. The van der Waals surface area contributed by atoms with Crippen LogP contribution in [0.1, 0.15) is 51.3 Å². The number of rotatable bonds is 6. The molecule has 1 unspecified atom stereocenters. The molecule has 0 N–H and O–H groups in total. The zero-order chi connectivity index (χ0) is 13.7. The van der Waals surface area contributed by atoms with Gasteiger partial charge < -0.3 is 0 Å². The molecule has 2 heterocycles. The average Bonchev–Trinajstić information content (AvgIpc) is 2.89. The zero-order valence-electron chi connectivity index (χ0n) is 12.2. The Labute approximate surface area is 125 Å². The van der Waals surface area contributed by atoms with Crippen LogP contribution < -0.4 is 0 Å². The van der Waals surface area contributed by atoms with Gasteiger partial charge in [0.2, 0.25) is 0 Å². The van der Waals surface area contributed by atoms with E-state index in [1.54, 1.807) is 0 Å². The summed E-state index contributed by atoms with van der Waals surface area (Å²) in [6.45, 7) is 7.92. The SMILES string of the molecule is CCC(CC)n1ccc(CN2CCCC(CBr)C2)n1. The number of aromatic nitrogens is 2. The van der Waals surface area contributed by atoms with Crippen LogP contribution in [-0.2, 0) is 6.54 Å². The van der Waals surface area contributed by atoms with E-state index < -0.39 is 0 Å². The quantitative estimate of drug-likeness (QED) is 0.740. The van der Waals surface area contributed by atoms with E-state index in [1.165, 1.54) is 31.6 Å². The molecule has 4 heteroatoms. The Morgan fingerprint density at radius 2 is 2.21 bits per heavy atom. The highest BCUT2D eigenvalue weighted by Gasteiger charge is 2.19. The standard InChI is InChI=1S/C15H26BrN3/c1-3-15(4-2)19-9-7-14(17-19)12-18-8-5-6-13(10-16)11-18/h7,9,13,15H,3-6,8,10-12H2,1-2H3. The molecule has 1 atom stereocenters. The third-order valence-corrected chi connectivity index (χ3v) is 5.10. The van der Waals surface area contributed by atoms with E-state index in [0.717, 1.165) is 30.6 Å². The zero-order valence-corrected chi connectivity index (χ0v) is 13.8. The van der Waals surface area contributed by atoms with Crippen LogP contribution in [0, 0.1) is 5.92 Å². The third-order valence-electron chi connectivity index (χ3n) is 4.19. The monoisotopic (exact) mass is 327 g/mol. The Morgan fingerprint density at radius 1 is 1.42 bits per heavy atom. The molecule has 0 spiro atoms. The fourth-order valence-electron chi connectivity index (χ4n) is 2.98. The van der Waals surface area contributed by atoms with E-state index in [0.29, 0.717) is 6.04 Å². The van der Waals surface area contributed by atoms with E-state index in [1.807, 2.05) is 0 Å². The van der Waals surface area contributed by atoms with Crippen molar-refractivity contribution in [2.45, 2.75) is 52.1 Å². The summed E-state index contributed by atoms with van der Waals surface area (Å²) in [6, 6.07) is 2.75. The molecule has 1 aliphatic heterocycles. The molecule has 1 aliphatic rings. The summed E-state index contributed by atoms with van der Waals surface area (Å²) >= 11 is 3.62. The van der Waals surface area contributed by atoms with Gasteiger partial charge in [-0.05, 0) is 44.2 Å². The summed E-state index contributed by atoms with van der Waals surface area (Å²) < 4.78 is 2.15. The molecular weight excluding hydrogens is 302 g/mol. The van der Waals surface area contributed by atoms with Gasteiger partial charge in [-0.25, -0.2) is 0 Å². The third kappa shape index (κ3) is 4.06. The molecule has 3 nitrogen and oxygen atoms in total. The summed E-state index contributed by atoms with van der Waals surface area (Å²) in [7, 11) is 0. The largest absolute Gasteiger partial charge is 0.297 e. The van der Waals surface area contributed by atoms with E-state index >= 15 is 0 Å². The van der Waals surface area contributed by atoms with Crippen LogP contribution in [-0.4, -0.2) is 33.1 Å². The van der Waals surface area contributed by atoms with Crippen molar-refractivity contribution in [3.8, 4) is 0 Å². The summed E-state index contributed by atoms with van der Waals surface area (Å²) in [6.07, 6.45) is 7.16. The lowest BCUT2D eigenvalue weighted by Gasteiger charge is -2.31. The van der Waals surface area contributed by atoms with Crippen LogP contribution in [0.5, 0.6) is 0 Å². The molecule has 2 rings (SSSR count). The first kappa shape index (κ1) is 15.0. The first-order chi connectivity index (χ1) is 9.26. The molecule has 0 saturated carbocycles. The maximum absolute atomic E-state index is 4.76. The van der Waals surface area contributed by atoms with Crippen molar-refractivity contribution in [2.24, 2.45) is 5.92 Å². The fraction of sp³-hybridized carbons (Fsp3) is 0.800. The molecule has 1 saturated heterocycles. The number of hydrogen-bond acceptors (Lipinski definition) is 2. The minimum Gasteiger partial charge on any atom is -0.297 e. The van der Waals surface area contributed by atoms with E-state index in [2.05, 4.69) is 51.6 Å². The first-order valence-corrected chi connectivity index (χ1v) is 8.71. The molecule has 0 radical (unpaired) electrons. The second-order valence-corrected chi connectivity index (χ2v) is 6.30. The van der Waals surface area contributed by atoms with Crippen LogP contribution in [0.3, 0.4) is 0 Å². The second-order valence-electron chi connectivity index (χ2n) is 5.66. The highest BCUT2D eigenvalue weighted by molar-refractivity contribution is 9.09. The van der Waals surface area contributed by atoms with Crippen molar-refractivity contribution in [3.63, 3.8) is 0 Å². The minimum atomic E-state index is 0.561. The number of hydrogen-bond donors (Lipinski definition) is 0. The Hall–Kier alpha value is -0.350. The summed E-state index contributed by atoms with van der Waals surface area (Å²) in [5, 5.41) is 5.89. The number of alkyl halides is 1. The summed E-state index contributed by atoms with van der Waals surface area (Å²) in [5.74, 6) is 0.815. The van der Waals surface area contributed by atoms with E-state index in [9.17, 15) is 0 Å². The van der Waals surface area contributed by atoms with Gasteiger partial charge in [0, 0.05) is 24.6 Å². The molecule has 1 fully saturated rings. The van der Waals surface area contributed by atoms with Gasteiger partial charge in [0.25, 0.3) is 0 Å². The molecule has 0 aromatic carbocycles. The normalized spacial score (nSPS) is 21.2.